The van der Waals surface area contributed by atoms with Crippen LogP contribution in [0, 0.1) is 0 Å². The Morgan fingerprint density at radius 2 is 1.86 bits per heavy atom. The average Bonchev–Trinajstić information content (AvgIpc) is 2.44. The molecule has 0 spiro atoms. The molecule has 0 aromatic rings. The summed E-state index contributed by atoms with van der Waals surface area (Å²) in [5.41, 5.74) is 0. The van der Waals surface area contributed by atoms with Gasteiger partial charge in [0.2, 0.25) is 0 Å². The van der Waals surface area contributed by atoms with Crippen molar-refractivity contribution in [2.75, 3.05) is 39.6 Å². The van der Waals surface area contributed by atoms with E-state index in [0.717, 1.165) is 32.1 Å². The fourth-order valence-corrected chi connectivity index (χ4v) is 2.05. The third-order valence-corrected chi connectivity index (χ3v) is 3.12. The molecule has 1 amide bonds. The Bertz CT molecular complexity index is 296. The first-order valence-corrected chi connectivity index (χ1v) is 7.68. The van der Waals surface area contributed by atoms with Gasteiger partial charge in [0.1, 0.15) is 6.10 Å². The second-order valence-electron chi connectivity index (χ2n) is 4.88. The smallest absolute Gasteiger partial charge is 0.407 e. The molecule has 6 nitrogen and oxygen atoms in total. The van der Waals surface area contributed by atoms with Crippen molar-refractivity contribution >= 4 is 6.09 Å². The zero-order valence-corrected chi connectivity index (χ0v) is 12.6. The van der Waals surface area contributed by atoms with Crippen molar-refractivity contribution in [3.8, 4) is 0 Å². The predicted octanol–water partition coefficient (Wildman–Crippen LogP) is 1.63. The maximum absolute atomic E-state index is 11.6. The molecule has 0 saturated heterocycles. The number of carbonyl (C=O) groups is 1. The second kappa shape index (κ2) is 12.6. The van der Waals surface area contributed by atoms with Crippen LogP contribution in [-0.4, -0.2) is 56.9 Å². The van der Waals surface area contributed by atoms with Gasteiger partial charge in [0.25, 0.3) is 0 Å². The number of aliphatic hydroxyl groups excluding tert-OH is 1. The summed E-state index contributed by atoms with van der Waals surface area (Å²) in [7, 11) is 0. The van der Waals surface area contributed by atoms with Crippen molar-refractivity contribution in [1.29, 1.82) is 0 Å². The number of alkyl carbamates (subject to hydrolysis) is 1. The van der Waals surface area contributed by atoms with Crippen molar-refractivity contribution in [3.05, 3.63) is 12.2 Å². The van der Waals surface area contributed by atoms with Gasteiger partial charge in [0.05, 0.1) is 33.0 Å². The topological polar surface area (TPSA) is 77.0 Å². The molecule has 0 aromatic heterocycles. The maximum Gasteiger partial charge on any atom is 0.407 e. The van der Waals surface area contributed by atoms with Crippen LogP contribution in [0.5, 0.6) is 0 Å². The molecule has 1 aliphatic carbocycles. The molecule has 0 aromatic carbocycles. The van der Waals surface area contributed by atoms with Gasteiger partial charge < -0.3 is 24.6 Å². The Labute approximate surface area is 126 Å². The van der Waals surface area contributed by atoms with E-state index in [1.54, 1.807) is 0 Å². The molecule has 0 fully saturated rings. The summed E-state index contributed by atoms with van der Waals surface area (Å²) in [6.07, 6.45) is 8.90. The fraction of sp³-hybridized carbons (Fsp3) is 0.800. The summed E-state index contributed by atoms with van der Waals surface area (Å²) in [5.74, 6) is 0. The molecule has 0 heterocycles. The van der Waals surface area contributed by atoms with Gasteiger partial charge in [-0.15, -0.1) is 0 Å². The highest BCUT2D eigenvalue weighted by Gasteiger charge is 2.14. The zero-order chi connectivity index (χ0) is 15.2. The van der Waals surface area contributed by atoms with Crippen LogP contribution in [0.25, 0.3) is 0 Å². The molecule has 0 aliphatic heterocycles. The van der Waals surface area contributed by atoms with Crippen molar-refractivity contribution in [1.82, 2.24) is 5.32 Å². The fourth-order valence-electron chi connectivity index (χ4n) is 2.05. The van der Waals surface area contributed by atoms with E-state index in [0.29, 0.717) is 33.0 Å². The van der Waals surface area contributed by atoms with Crippen LogP contribution < -0.4 is 5.32 Å². The molecule has 0 saturated carbocycles. The molecule has 2 N–H and O–H groups in total. The molecule has 1 unspecified atom stereocenters. The third kappa shape index (κ3) is 10.3. The summed E-state index contributed by atoms with van der Waals surface area (Å²) in [5, 5.41) is 11.2. The number of allylic oxidation sites excluding steroid dienone is 2. The molecule has 0 bridgehead atoms. The van der Waals surface area contributed by atoms with Crippen molar-refractivity contribution in [2.24, 2.45) is 0 Å². The van der Waals surface area contributed by atoms with E-state index in [-0.39, 0.29) is 18.8 Å². The lowest BCUT2D eigenvalue weighted by Crippen LogP contribution is -2.31. The summed E-state index contributed by atoms with van der Waals surface area (Å²) in [6.45, 7) is 2.08. The molecular formula is C15H27NO5. The van der Waals surface area contributed by atoms with E-state index in [1.165, 1.54) is 0 Å². The standard InChI is InChI=1S/C15H27NO5/c17-9-11-20-13-12-19-10-8-16-15(18)21-14-6-4-2-1-3-5-7-14/h1-2,14,17H,3-13H2,(H,16,18)/b2-1+. The van der Waals surface area contributed by atoms with Crippen molar-refractivity contribution < 1.29 is 24.1 Å². The number of carbonyl (C=O) groups excluding carboxylic acids is 1. The minimum atomic E-state index is -0.371. The van der Waals surface area contributed by atoms with E-state index in [2.05, 4.69) is 17.5 Å². The zero-order valence-electron chi connectivity index (χ0n) is 12.6. The molecule has 6 heteroatoms. The number of aliphatic hydroxyl groups is 1. The lowest BCUT2D eigenvalue weighted by molar-refractivity contribution is 0.0328. The highest BCUT2D eigenvalue weighted by Crippen LogP contribution is 2.15. The molecule has 0 radical (unpaired) electrons. The summed E-state index contributed by atoms with van der Waals surface area (Å²) >= 11 is 0. The van der Waals surface area contributed by atoms with E-state index in [9.17, 15) is 4.79 Å². The van der Waals surface area contributed by atoms with Crippen molar-refractivity contribution in [3.63, 3.8) is 0 Å². The Kier molecular flexibility index (Phi) is 10.8. The van der Waals surface area contributed by atoms with Gasteiger partial charge >= 0.3 is 6.09 Å². The minimum Gasteiger partial charge on any atom is -0.446 e. The largest absolute Gasteiger partial charge is 0.446 e. The monoisotopic (exact) mass is 301 g/mol. The van der Waals surface area contributed by atoms with Crippen LogP contribution in [0.15, 0.2) is 12.2 Å². The number of rotatable bonds is 9. The molecule has 1 aliphatic rings. The van der Waals surface area contributed by atoms with Gasteiger partial charge in [0.15, 0.2) is 0 Å². The molecule has 1 atom stereocenters. The van der Waals surface area contributed by atoms with Crippen molar-refractivity contribution in [2.45, 2.75) is 38.2 Å². The maximum atomic E-state index is 11.6. The first kappa shape index (κ1) is 17.9. The minimum absolute atomic E-state index is 0.0164. The molecular weight excluding hydrogens is 274 g/mol. The highest BCUT2D eigenvalue weighted by atomic mass is 16.6. The van der Waals surface area contributed by atoms with Crippen LogP contribution in [0.1, 0.15) is 32.1 Å². The van der Waals surface area contributed by atoms with Gasteiger partial charge in [0, 0.05) is 6.54 Å². The van der Waals surface area contributed by atoms with Crippen LogP contribution in [0.4, 0.5) is 4.79 Å². The number of nitrogens with one attached hydrogen (secondary N) is 1. The van der Waals surface area contributed by atoms with Gasteiger partial charge in [-0.05, 0) is 32.1 Å². The van der Waals surface area contributed by atoms with E-state index in [4.69, 9.17) is 19.3 Å². The van der Waals surface area contributed by atoms with Crippen LogP contribution in [0.3, 0.4) is 0 Å². The number of amides is 1. The van der Waals surface area contributed by atoms with Crippen LogP contribution in [-0.2, 0) is 14.2 Å². The second-order valence-corrected chi connectivity index (χ2v) is 4.88. The third-order valence-electron chi connectivity index (χ3n) is 3.12. The normalized spacial score (nSPS) is 20.3. The van der Waals surface area contributed by atoms with E-state index in [1.807, 2.05) is 0 Å². The first-order chi connectivity index (χ1) is 10.3. The number of hydrogen-bond acceptors (Lipinski definition) is 5. The van der Waals surface area contributed by atoms with Gasteiger partial charge in [-0.1, -0.05) is 12.2 Å². The Morgan fingerprint density at radius 3 is 2.67 bits per heavy atom. The predicted molar refractivity (Wildman–Crippen MR) is 79.2 cm³/mol. The Hall–Kier alpha value is -1.11. The number of ether oxygens (including phenoxy) is 3. The quantitative estimate of drug-likeness (QED) is 0.500. The SMILES string of the molecule is O=C(NCCOCCOCCO)OC1CC/C=C/CCC1. The lowest BCUT2D eigenvalue weighted by atomic mass is 10.0. The van der Waals surface area contributed by atoms with Gasteiger partial charge in [-0.2, -0.15) is 0 Å². The van der Waals surface area contributed by atoms with E-state index >= 15 is 0 Å². The van der Waals surface area contributed by atoms with E-state index < -0.39 is 0 Å². The highest BCUT2D eigenvalue weighted by molar-refractivity contribution is 5.67. The molecule has 21 heavy (non-hydrogen) atoms. The molecule has 122 valence electrons. The summed E-state index contributed by atoms with van der Waals surface area (Å²) in [4.78, 5) is 11.6. The molecule has 1 rings (SSSR count). The average molecular weight is 301 g/mol. The van der Waals surface area contributed by atoms with Gasteiger partial charge in [-0.3, -0.25) is 0 Å². The summed E-state index contributed by atoms with van der Waals surface area (Å²) in [6, 6.07) is 0. The summed E-state index contributed by atoms with van der Waals surface area (Å²) < 4.78 is 15.7. The van der Waals surface area contributed by atoms with Crippen LogP contribution >= 0.6 is 0 Å². The van der Waals surface area contributed by atoms with Crippen LogP contribution in [0.2, 0.25) is 0 Å². The van der Waals surface area contributed by atoms with Gasteiger partial charge in [-0.25, -0.2) is 4.79 Å². The number of hydrogen-bond donors (Lipinski definition) is 2. The Morgan fingerprint density at radius 1 is 1.10 bits per heavy atom. The lowest BCUT2D eigenvalue weighted by Gasteiger charge is -2.18. The first-order valence-electron chi connectivity index (χ1n) is 7.68. The Balaban J connectivity index is 1.96.